The van der Waals surface area contributed by atoms with Crippen LogP contribution in [0.3, 0.4) is 0 Å². The molecular weight excluding hydrogens is 548 g/mol. The summed E-state index contributed by atoms with van der Waals surface area (Å²) in [5.74, 6) is 0. The predicted octanol–water partition coefficient (Wildman–Crippen LogP) is 5.35. The van der Waals surface area contributed by atoms with Gasteiger partial charge in [-0.15, -0.1) is 0 Å². The van der Waals surface area contributed by atoms with Crippen LogP contribution in [0.1, 0.15) is 105 Å². The average molecular weight is 597 g/mol. The van der Waals surface area contributed by atoms with Crippen LogP contribution >= 0.6 is 24.4 Å². The Morgan fingerprint density at radius 2 is 0.710 bits per heavy atom. The van der Waals surface area contributed by atoms with Gasteiger partial charge in [0.25, 0.3) is 0 Å². The van der Waals surface area contributed by atoms with E-state index < -0.39 is 0 Å². The van der Waals surface area contributed by atoms with Crippen LogP contribution < -0.4 is 0 Å². The zero-order valence-electron chi connectivity index (χ0n) is 20.2. The van der Waals surface area contributed by atoms with Crippen LogP contribution in [0.5, 0.6) is 0 Å². The van der Waals surface area contributed by atoms with E-state index in [9.17, 15) is 0 Å². The van der Waals surface area contributed by atoms with Gasteiger partial charge in [0.1, 0.15) is 0 Å². The molecule has 31 heavy (non-hydrogen) atoms. The quantitative estimate of drug-likeness (QED) is 0.104. The number of nitrogens with zero attached hydrogens (tertiary/aromatic N) is 2. The third-order valence-electron chi connectivity index (χ3n) is 4.64. The van der Waals surface area contributed by atoms with Crippen LogP contribution in [0, 0.1) is 0 Å². The fraction of sp³-hybridized carbons (Fsp3) is 0.909. The van der Waals surface area contributed by atoms with Crippen molar-refractivity contribution in [1.29, 1.82) is 0 Å². The summed E-state index contributed by atoms with van der Waals surface area (Å²) < 4.78 is 1.30. The summed E-state index contributed by atoms with van der Waals surface area (Å²) in [5, 5.41) is 0. The van der Waals surface area contributed by atoms with Gasteiger partial charge in [-0.05, 0) is 25.7 Å². The summed E-state index contributed by atoms with van der Waals surface area (Å²) in [4.78, 5) is 4.35. The molecule has 4 nitrogen and oxygen atoms in total. The van der Waals surface area contributed by atoms with Crippen LogP contribution in [-0.4, -0.2) is 55.6 Å². The number of hydrogen-bond donors (Lipinski definition) is 0. The van der Waals surface area contributed by atoms with Gasteiger partial charge in [-0.2, -0.15) is 0 Å². The molecule has 0 aliphatic heterocycles. The number of thiocarbonyl (C=S) groups is 2. The Morgan fingerprint density at radius 1 is 0.516 bits per heavy atom. The third kappa shape index (κ3) is 30.8. The normalized spacial score (nSPS) is 9.16. The zero-order chi connectivity index (χ0) is 21.6. The van der Waals surface area contributed by atoms with E-state index in [1.807, 2.05) is 0 Å². The van der Waals surface area contributed by atoms with Crippen molar-refractivity contribution in [3.8, 4) is 0 Å². The molecule has 0 fully saturated rings. The average Bonchev–Trinajstić information content (AvgIpc) is 2.66. The van der Waals surface area contributed by atoms with Crippen molar-refractivity contribution in [1.82, 2.24) is 9.80 Å². The van der Waals surface area contributed by atoms with E-state index in [1.54, 1.807) is 0 Å². The zero-order valence-corrected chi connectivity index (χ0v) is 25.5. The maximum Gasteiger partial charge on any atom is 2.00 e. The number of unbranched alkanes of at least 4 members (excludes halogenated alkanes) is 8. The van der Waals surface area contributed by atoms with Crippen molar-refractivity contribution in [2.45, 2.75) is 105 Å². The topological polar surface area (TPSA) is 69.5 Å². The van der Waals surface area contributed by atoms with Crippen LogP contribution in [0.25, 0.3) is 0 Å². The first-order valence-corrected chi connectivity index (χ1v) is 13.0. The predicted molar refractivity (Wildman–Crippen MR) is 148 cm³/mol. The van der Waals surface area contributed by atoms with Gasteiger partial charge in [0, 0.05) is 26.2 Å². The Bertz CT molecular complexity index is 327. The Hall–Kier alpha value is 0.828. The molecule has 0 aliphatic rings. The van der Waals surface area contributed by atoms with Crippen molar-refractivity contribution in [2.24, 2.45) is 0 Å². The van der Waals surface area contributed by atoms with Crippen LogP contribution in [0.2, 0.25) is 0 Å². The fourth-order valence-corrected chi connectivity index (χ4v) is 3.53. The summed E-state index contributed by atoms with van der Waals surface area (Å²) in [6, 6.07) is 0. The minimum atomic E-state index is 0. The summed E-state index contributed by atoms with van der Waals surface area (Å²) in [7, 11) is 0. The molecule has 4 N–H and O–H groups in total. The standard InChI is InChI=1S/2C11H23NS2.Mo.2H2O/c2*1-3-5-7-9-12(11(13)14)10-8-6-4-2;;;/h2*3-10H2,1-2H3,(H,13,14);;2*1H2/q;;+2;;/p-2. The number of hydrogen-bond acceptors (Lipinski definition) is 4. The second-order valence-electron chi connectivity index (χ2n) is 7.33. The Kier molecular flexibility index (Phi) is 44.7. The molecule has 0 spiro atoms. The molecule has 0 aromatic heterocycles. The summed E-state index contributed by atoms with van der Waals surface area (Å²) in [6.07, 6.45) is 15.0. The van der Waals surface area contributed by atoms with E-state index in [0.717, 1.165) is 26.2 Å². The van der Waals surface area contributed by atoms with E-state index in [-0.39, 0.29) is 32.0 Å². The van der Waals surface area contributed by atoms with Gasteiger partial charge in [0.05, 0.1) is 0 Å². The summed E-state index contributed by atoms with van der Waals surface area (Å²) >= 11 is 20.2. The second-order valence-corrected chi connectivity index (χ2v) is 9.40. The molecule has 0 saturated carbocycles. The molecule has 0 rings (SSSR count). The van der Waals surface area contributed by atoms with Gasteiger partial charge in [-0.1, -0.05) is 87.7 Å². The minimum Gasteiger partial charge on any atom is -0.412 e. The minimum absolute atomic E-state index is 0. The SMILES string of the molecule is CCCCCN(CCCCC)C(=S)[S-].CCCCCN(CCCCC)C(=S)[S-].O.O.[Mo+2]. The molecule has 0 aliphatic carbocycles. The maximum absolute atomic E-state index is 5.06. The van der Waals surface area contributed by atoms with E-state index in [1.165, 1.54) is 77.0 Å². The maximum atomic E-state index is 5.06. The van der Waals surface area contributed by atoms with Crippen LogP contribution in [0.4, 0.5) is 0 Å². The van der Waals surface area contributed by atoms with Crippen LogP contribution in [0.15, 0.2) is 0 Å². The molecule has 188 valence electrons. The van der Waals surface area contributed by atoms with E-state index in [2.05, 4.69) is 37.5 Å². The molecule has 0 bridgehead atoms. The second kappa shape index (κ2) is 33.0. The molecule has 0 amide bonds. The summed E-state index contributed by atoms with van der Waals surface area (Å²) in [5.41, 5.74) is 0. The molecule has 0 radical (unpaired) electrons. The largest absolute Gasteiger partial charge is 2.00 e. The van der Waals surface area contributed by atoms with Gasteiger partial charge < -0.3 is 70.4 Å². The molecule has 0 saturated heterocycles. The smallest absolute Gasteiger partial charge is 0.412 e. The van der Waals surface area contributed by atoms with Gasteiger partial charge in [0.15, 0.2) is 0 Å². The van der Waals surface area contributed by atoms with Crippen molar-refractivity contribution in [3.63, 3.8) is 0 Å². The Morgan fingerprint density at radius 3 is 0.839 bits per heavy atom. The van der Waals surface area contributed by atoms with Gasteiger partial charge >= 0.3 is 21.1 Å². The third-order valence-corrected chi connectivity index (χ3v) is 5.68. The fourth-order valence-electron chi connectivity index (χ4n) is 2.80. The molecule has 0 heterocycles. The van der Waals surface area contributed by atoms with E-state index in [0.29, 0.717) is 8.64 Å². The monoisotopic (exact) mass is 598 g/mol. The van der Waals surface area contributed by atoms with Crippen molar-refractivity contribution in [3.05, 3.63) is 0 Å². The first-order chi connectivity index (χ1) is 13.4. The first kappa shape index (κ1) is 42.0. The van der Waals surface area contributed by atoms with E-state index in [4.69, 9.17) is 49.7 Å². The van der Waals surface area contributed by atoms with Gasteiger partial charge in [-0.3, -0.25) is 0 Å². The first-order valence-electron chi connectivity index (χ1n) is 11.4. The number of rotatable bonds is 16. The Labute approximate surface area is 229 Å². The van der Waals surface area contributed by atoms with Gasteiger partial charge in [-0.25, -0.2) is 0 Å². The molecule has 0 atom stereocenters. The molecule has 0 unspecified atom stereocenters. The van der Waals surface area contributed by atoms with Crippen molar-refractivity contribution in [2.75, 3.05) is 26.2 Å². The van der Waals surface area contributed by atoms with Crippen molar-refractivity contribution < 1.29 is 32.0 Å². The molecule has 0 aromatic rings. The Balaban J connectivity index is -0.000000133. The van der Waals surface area contributed by atoms with E-state index >= 15 is 0 Å². The van der Waals surface area contributed by atoms with Gasteiger partial charge in [0.2, 0.25) is 0 Å². The summed E-state index contributed by atoms with van der Waals surface area (Å²) in [6.45, 7) is 13.1. The molecule has 9 heteroatoms. The van der Waals surface area contributed by atoms with Crippen LogP contribution in [-0.2, 0) is 46.3 Å². The molecular formula is C22H48MoN2O2S4. The molecule has 0 aromatic carbocycles. The van der Waals surface area contributed by atoms with Crippen molar-refractivity contribution >= 4 is 58.3 Å².